The molecule has 0 fully saturated rings. The maximum atomic E-state index is 12.9. The van der Waals surface area contributed by atoms with E-state index in [1.807, 2.05) is 0 Å². The van der Waals surface area contributed by atoms with Gasteiger partial charge in [-0.15, -0.1) is 0 Å². The number of ether oxygens (including phenoxy) is 3. The fraction of sp³-hybridized carbons (Fsp3) is 0.866. The molecule has 73 heavy (non-hydrogen) atoms. The van der Waals surface area contributed by atoms with Crippen LogP contribution in [-0.4, -0.2) is 37.2 Å². The first-order chi connectivity index (χ1) is 36.0. The lowest BCUT2D eigenvalue weighted by Gasteiger charge is -2.18. The zero-order valence-electron chi connectivity index (χ0n) is 49.2. The van der Waals surface area contributed by atoms with E-state index < -0.39 is 6.10 Å². The Hall–Kier alpha value is -2.37. The Morgan fingerprint density at radius 3 is 0.767 bits per heavy atom. The van der Waals surface area contributed by atoms with Gasteiger partial charge in [0.15, 0.2) is 6.10 Å². The first-order valence-corrected chi connectivity index (χ1v) is 32.5. The number of carbonyl (C=O) groups excluding carboxylic acids is 3. The topological polar surface area (TPSA) is 78.9 Å². The summed E-state index contributed by atoms with van der Waals surface area (Å²) in [5, 5.41) is 0. The highest BCUT2D eigenvalue weighted by Gasteiger charge is 2.19. The Morgan fingerprint density at radius 2 is 0.493 bits per heavy atom. The van der Waals surface area contributed by atoms with Gasteiger partial charge in [0, 0.05) is 19.3 Å². The lowest BCUT2D eigenvalue weighted by molar-refractivity contribution is -0.167. The Balaban J connectivity index is 4.32. The molecular weight excluding hydrogens is 901 g/mol. The summed E-state index contributed by atoms with van der Waals surface area (Å²) in [6.45, 7) is 6.68. The molecular formula is C67H124O6. The predicted molar refractivity (Wildman–Crippen MR) is 316 cm³/mol. The second-order valence-corrected chi connectivity index (χ2v) is 22.0. The van der Waals surface area contributed by atoms with Crippen LogP contribution in [0, 0.1) is 0 Å². The van der Waals surface area contributed by atoms with E-state index in [0.29, 0.717) is 19.3 Å². The molecule has 0 aliphatic heterocycles. The third-order valence-corrected chi connectivity index (χ3v) is 14.6. The van der Waals surface area contributed by atoms with Gasteiger partial charge < -0.3 is 14.2 Å². The minimum Gasteiger partial charge on any atom is -0.462 e. The first-order valence-electron chi connectivity index (χ1n) is 32.5. The molecule has 0 rings (SSSR count). The molecule has 0 aliphatic carbocycles. The average Bonchev–Trinajstić information content (AvgIpc) is 3.39. The number of carbonyl (C=O) groups is 3. The maximum Gasteiger partial charge on any atom is 0.306 e. The van der Waals surface area contributed by atoms with Gasteiger partial charge in [0.25, 0.3) is 0 Å². The van der Waals surface area contributed by atoms with Crippen LogP contribution in [0.5, 0.6) is 0 Å². The van der Waals surface area contributed by atoms with Crippen molar-refractivity contribution < 1.29 is 28.6 Å². The molecule has 0 bridgehead atoms. The predicted octanol–water partition coefficient (Wildman–Crippen LogP) is 22.0. The summed E-state index contributed by atoms with van der Waals surface area (Å²) in [5.74, 6) is -0.851. The van der Waals surface area contributed by atoms with Gasteiger partial charge in [0.2, 0.25) is 0 Å². The summed E-state index contributed by atoms with van der Waals surface area (Å²) in [7, 11) is 0. The van der Waals surface area contributed by atoms with Gasteiger partial charge in [-0.2, -0.15) is 0 Å². The quantitative estimate of drug-likeness (QED) is 0.0261. The van der Waals surface area contributed by atoms with E-state index in [2.05, 4.69) is 57.2 Å². The van der Waals surface area contributed by atoms with Crippen molar-refractivity contribution in [3.8, 4) is 0 Å². The van der Waals surface area contributed by atoms with Gasteiger partial charge in [0.05, 0.1) is 0 Å². The number of hydrogen-bond donors (Lipinski definition) is 0. The van der Waals surface area contributed by atoms with E-state index in [1.165, 1.54) is 250 Å². The van der Waals surface area contributed by atoms with Crippen LogP contribution in [0.25, 0.3) is 0 Å². The van der Waals surface area contributed by atoms with Crippen LogP contribution in [0.2, 0.25) is 0 Å². The molecule has 0 heterocycles. The van der Waals surface area contributed by atoms with Crippen LogP contribution in [-0.2, 0) is 28.6 Å². The molecule has 0 saturated heterocycles. The van der Waals surface area contributed by atoms with Crippen LogP contribution in [0.3, 0.4) is 0 Å². The van der Waals surface area contributed by atoms with Crippen molar-refractivity contribution in [3.63, 3.8) is 0 Å². The lowest BCUT2D eigenvalue weighted by Crippen LogP contribution is -2.30. The summed E-state index contributed by atoms with van der Waals surface area (Å²) in [6.07, 6.45) is 75.7. The van der Waals surface area contributed by atoms with Crippen LogP contribution < -0.4 is 0 Å². The molecule has 0 aromatic rings. The van der Waals surface area contributed by atoms with Crippen molar-refractivity contribution in [3.05, 3.63) is 36.5 Å². The normalized spacial score (nSPS) is 12.2. The van der Waals surface area contributed by atoms with Crippen molar-refractivity contribution in [1.29, 1.82) is 0 Å². The number of allylic oxidation sites excluding steroid dienone is 6. The maximum absolute atomic E-state index is 12.9. The van der Waals surface area contributed by atoms with Crippen molar-refractivity contribution in [2.45, 2.75) is 361 Å². The summed E-state index contributed by atoms with van der Waals surface area (Å²) in [4.78, 5) is 38.3. The molecule has 6 nitrogen and oxygen atoms in total. The van der Waals surface area contributed by atoms with Crippen LogP contribution in [0.1, 0.15) is 355 Å². The van der Waals surface area contributed by atoms with Gasteiger partial charge in [-0.05, 0) is 77.0 Å². The second kappa shape index (κ2) is 62.2. The average molecular weight is 1030 g/mol. The summed E-state index contributed by atoms with van der Waals surface area (Å²) < 4.78 is 17.0. The minimum atomic E-state index is -0.773. The molecule has 0 aromatic carbocycles. The number of hydrogen-bond acceptors (Lipinski definition) is 6. The minimum absolute atomic E-state index is 0.0697. The lowest BCUT2D eigenvalue weighted by atomic mass is 10.0. The van der Waals surface area contributed by atoms with Gasteiger partial charge in [-0.25, -0.2) is 0 Å². The summed E-state index contributed by atoms with van der Waals surface area (Å²) >= 11 is 0. The fourth-order valence-corrected chi connectivity index (χ4v) is 9.71. The summed E-state index contributed by atoms with van der Waals surface area (Å²) in [6, 6.07) is 0. The van der Waals surface area contributed by atoms with Crippen molar-refractivity contribution in [1.82, 2.24) is 0 Å². The van der Waals surface area contributed by atoms with E-state index in [-0.39, 0.29) is 31.1 Å². The Morgan fingerprint density at radius 1 is 0.274 bits per heavy atom. The molecule has 1 atom stereocenters. The van der Waals surface area contributed by atoms with E-state index in [9.17, 15) is 14.4 Å². The molecule has 0 amide bonds. The Labute approximate surface area is 455 Å². The first kappa shape index (κ1) is 70.6. The number of rotatable bonds is 60. The SMILES string of the molecule is CCCCCCC/C=C\C/C=C\CCCCCCCCCCCC(=O)OCC(COC(=O)CCCCCCCCCCCCCCCCC)OC(=O)CCCCCCCCCCC/C=C\CCCCCCCC. The molecule has 1 unspecified atom stereocenters. The van der Waals surface area contributed by atoms with Crippen molar-refractivity contribution in [2.75, 3.05) is 13.2 Å². The third kappa shape index (κ3) is 60.4. The molecule has 0 aromatic heterocycles. The molecule has 0 spiro atoms. The smallest absolute Gasteiger partial charge is 0.306 e. The molecule has 6 heteroatoms. The monoisotopic (exact) mass is 1020 g/mol. The highest BCUT2D eigenvalue weighted by atomic mass is 16.6. The highest BCUT2D eigenvalue weighted by Crippen LogP contribution is 2.17. The second-order valence-electron chi connectivity index (χ2n) is 22.0. The van der Waals surface area contributed by atoms with Gasteiger partial charge in [-0.1, -0.05) is 295 Å². The fourth-order valence-electron chi connectivity index (χ4n) is 9.71. The third-order valence-electron chi connectivity index (χ3n) is 14.6. The van der Waals surface area contributed by atoms with Crippen LogP contribution in [0.4, 0.5) is 0 Å². The zero-order valence-corrected chi connectivity index (χ0v) is 49.2. The summed E-state index contributed by atoms with van der Waals surface area (Å²) in [5.41, 5.74) is 0. The van der Waals surface area contributed by atoms with Gasteiger partial charge >= 0.3 is 17.9 Å². The Kier molecular flexibility index (Phi) is 60.2. The molecule has 0 aliphatic rings. The van der Waals surface area contributed by atoms with E-state index in [0.717, 1.165) is 64.2 Å². The number of esters is 3. The van der Waals surface area contributed by atoms with Crippen LogP contribution in [0.15, 0.2) is 36.5 Å². The van der Waals surface area contributed by atoms with E-state index in [1.54, 1.807) is 0 Å². The van der Waals surface area contributed by atoms with Crippen molar-refractivity contribution in [2.24, 2.45) is 0 Å². The highest BCUT2D eigenvalue weighted by molar-refractivity contribution is 5.71. The standard InChI is InChI=1S/C67H124O6/c1-4-7-10-13-16-19-22-25-28-30-32-33-35-36-39-42-45-48-51-54-57-60-66(69)72-63-64(62-71-65(68)59-56-53-50-47-44-41-38-27-24-21-18-15-12-9-6-3)73-67(70)61-58-55-52-49-46-43-40-37-34-31-29-26-23-20-17-14-11-8-5-2/h22,25-26,29-30,32,64H,4-21,23-24,27-28,31,33-63H2,1-3H3/b25-22-,29-26-,32-30-. The largest absolute Gasteiger partial charge is 0.462 e. The molecule has 428 valence electrons. The molecule has 0 saturated carbocycles. The Bertz CT molecular complexity index is 1220. The van der Waals surface area contributed by atoms with Crippen LogP contribution >= 0.6 is 0 Å². The zero-order chi connectivity index (χ0) is 52.9. The van der Waals surface area contributed by atoms with Gasteiger partial charge in [-0.3, -0.25) is 14.4 Å². The van der Waals surface area contributed by atoms with E-state index >= 15 is 0 Å². The van der Waals surface area contributed by atoms with Gasteiger partial charge in [0.1, 0.15) is 13.2 Å². The molecule has 0 N–H and O–H groups in total. The van der Waals surface area contributed by atoms with Crippen molar-refractivity contribution >= 4 is 17.9 Å². The van der Waals surface area contributed by atoms with E-state index in [4.69, 9.17) is 14.2 Å². The molecule has 0 radical (unpaired) electrons. The number of unbranched alkanes of at least 4 members (excludes halogenated alkanes) is 43.